The van der Waals surface area contributed by atoms with Crippen molar-refractivity contribution in [1.29, 1.82) is 0 Å². The van der Waals surface area contributed by atoms with Crippen LogP contribution >= 0.6 is 0 Å². The molecule has 0 radical (unpaired) electrons. The van der Waals surface area contributed by atoms with Crippen molar-refractivity contribution in [2.45, 2.75) is 30.9 Å². The molecule has 128 valence electrons. The van der Waals surface area contributed by atoms with Crippen LogP contribution in [0.5, 0.6) is 11.5 Å². The third-order valence-corrected chi connectivity index (χ3v) is 5.37. The molecule has 2 atom stereocenters. The van der Waals surface area contributed by atoms with Crippen LogP contribution in [-0.4, -0.2) is 56.5 Å². The van der Waals surface area contributed by atoms with Crippen LogP contribution < -0.4 is 9.47 Å². The van der Waals surface area contributed by atoms with Gasteiger partial charge in [-0.05, 0) is 37.7 Å². The molecule has 5 nitrogen and oxygen atoms in total. The topological polar surface area (TPSA) is 37.3 Å². The molecule has 1 spiro atoms. The molecule has 5 heteroatoms. The van der Waals surface area contributed by atoms with Crippen LogP contribution in [0.3, 0.4) is 0 Å². The fraction of sp³-hybridized carbons (Fsp3) is 0.526. The smallest absolute Gasteiger partial charge is 0.166 e. The van der Waals surface area contributed by atoms with E-state index in [9.17, 15) is 0 Å². The zero-order valence-corrected chi connectivity index (χ0v) is 14.9. The van der Waals surface area contributed by atoms with Crippen molar-refractivity contribution in [2.75, 3.05) is 34.8 Å². The van der Waals surface area contributed by atoms with E-state index in [4.69, 9.17) is 9.47 Å². The van der Waals surface area contributed by atoms with E-state index in [0.717, 1.165) is 43.1 Å². The lowest BCUT2D eigenvalue weighted by Gasteiger charge is -2.34. The van der Waals surface area contributed by atoms with Crippen LogP contribution in [0.15, 0.2) is 29.4 Å². The molecule has 0 saturated heterocycles. The van der Waals surface area contributed by atoms with Crippen LogP contribution in [0.4, 0.5) is 0 Å². The molecular weight excluding hydrogens is 302 g/mol. The van der Waals surface area contributed by atoms with Crippen molar-refractivity contribution >= 4 is 5.71 Å². The van der Waals surface area contributed by atoms with Gasteiger partial charge in [0.15, 0.2) is 11.5 Å². The zero-order valence-electron chi connectivity index (χ0n) is 14.9. The summed E-state index contributed by atoms with van der Waals surface area (Å²) in [6, 6.07) is 4.24. The molecule has 0 bridgehead atoms. The van der Waals surface area contributed by atoms with Gasteiger partial charge in [-0.2, -0.15) is 5.10 Å². The number of hydrogen-bond acceptors (Lipinski definition) is 5. The summed E-state index contributed by atoms with van der Waals surface area (Å²) in [5, 5.41) is 6.44. The molecule has 2 aliphatic heterocycles. The standard InChI is InChI=1S/C19H25N3O2/c1-21(2)20-14-7-8-19-9-10-22(3)12-13-5-6-15(23-4)18(17(13)19)24-16(19)11-14/h5-8,16H,9-12H2,1-4H3. The normalized spacial score (nSPS) is 29.7. The van der Waals surface area contributed by atoms with E-state index >= 15 is 0 Å². The Morgan fingerprint density at radius 2 is 2.21 bits per heavy atom. The van der Waals surface area contributed by atoms with Gasteiger partial charge in [0.1, 0.15) is 6.10 Å². The van der Waals surface area contributed by atoms with E-state index in [0.29, 0.717) is 0 Å². The van der Waals surface area contributed by atoms with Gasteiger partial charge in [0.05, 0.1) is 18.2 Å². The first-order chi connectivity index (χ1) is 11.5. The summed E-state index contributed by atoms with van der Waals surface area (Å²) < 4.78 is 12.0. The van der Waals surface area contributed by atoms with Crippen LogP contribution in [-0.2, 0) is 12.0 Å². The second-order valence-corrected chi connectivity index (χ2v) is 7.24. The summed E-state index contributed by atoms with van der Waals surface area (Å²) in [6.07, 6.45) is 6.50. The lowest BCUT2D eigenvalue weighted by atomic mass is 9.69. The maximum atomic E-state index is 6.46. The number of nitrogens with zero attached hydrogens (tertiary/aromatic N) is 3. The molecule has 4 rings (SSSR count). The Morgan fingerprint density at radius 3 is 2.96 bits per heavy atom. The molecule has 0 aromatic heterocycles. The molecule has 0 saturated carbocycles. The molecule has 0 fully saturated rings. The predicted molar refractivity (Wildman–Crippen MR) is 94.9 cm³/mol. The van der Waals surface area contributed by atoms with E-state index in [1.807, 2.05) is 25.2 Å². The number of methoxy groups -OCH3 is 1. The Kier molecular flexibility index (Phi) is 3.57. The Morgan fingerprint density at radius 1 is 1.38 bits per heavy atom. The van der Waals surface area contributed by atoms with E-state index in [-0.39, 0.29) is 11.5 Å². The van der Waals surface area contributed by atoms with E-state index in [1.165, 1.54) is 11.1 Å². The van der Waals surface area contributed by atoms with E-state index in [1.54, 1.807) is 7.11 Å². The van der Waals surface area contributed by atoms with Gasteiger partial charge in [-0.1, -0.05) is 12.1 Å². The lowest BCUT2D eigenvalue weighted by Crippen LogP contribution is -2.42. The number of hydrogen-bond donors (Lipinski definition) is 0. The first kappa shape index (κ1) is 15.5. The lowest BCUT2D eigenvalue weighted by molar-refractivity contribution is 0.157. The molecule has 2 heterocycles. The summed E-state index contributed by atoms with van der Waals surface area (Å²) in [4.78, 5) is 2.39. The monoisotopic (exact) mass is 327 g/mol. The second kappa shape index (κ2) is 5.52. The SMILES string of the molecule is COc1ccc2c3c1OC1CC(=NN(C)C)C=CC31CCN(C)C2. The van der Waals surface area contributed by atoms with Crippen molar-refractivity contribution in [3.63, 3.8) is 0 Å². The van der Waals surface area contributed by atoms with Crippen molar-refractivity contribution < 1.29 is 9.47 Å². The zero-order chi connectivity index (χ0) is 16.9. The van der Waals surface area contributed by atoms with Gasteiger partial charge in [-0.25, -0.2) is 0 Å². The summed E-state index contributed by atoms with van der Waals surface area (Å²) in [5.74, 6) is 1.78. The molecule has 1 aliphatic carbocycles. The van der Waals surface area contributed by atoms with Gasteiger partial charge < -0.3 is 19.4 Å². The number of benzene rings is 1. The number of allylic oxidation sites excluding steroid dienone is 1. The maximum absolute atomic E-state index is 6.46. The number of ether oxygens (including phenoxy) is 2. The Labute approximate surface area is 143 Å². The van der Waals surface area contributed by atoms with Gasteiger partial charge in [-0.15, -0.1) is 0 Å². The van der Waals surface area contributed by atoms with Crippen molar-refractivity contribution in [3.05, 3.63) is 35.4 Å². The quantitative estimate of drug-likeness (QED) is 0.782. The molecular formula is C19H25N3O2. The van der Waals surface area contributed by atoms with Crippen LogP contribution in [0.2, 0.25) is 0 Å². The minimum Gasteiger partial charge on any atom is -0.493 e. The van der Waals surface area contributed by atoms with Crippen molar-refractivity contribution in [1.82, 2.24) is 9.91 Å². The molecule has 2 unspecified atom stereocenters. The van der Waals surface area contributed by atoms with Gasteiger partial charge in [0, 0.05) is 32.6 Å². The van der Waals surface area contributed by atoms with Crippen LogP contribution in [0, 0.1) is 0 Å². The molecule has 24 heavy (non-hydrogen) atoms. The molecule has 0 amide bonds. The Hall–Kier alpha value is -2.01. The minimum atomic E-state index is -0.0602. The summed E-state index contributed by atoms with van der Waals surface area (Å²) in [7, 11) is 7.82. The highest BCUT2D eigenvalue weighted by Gasteiger charge is 2.52. The van der Waals surface area contributed by atoms with Gasteiger partial charge in [0.25, 0.3) is 0 Å². The van der Waals surface area contributed by atoms with Gasteiger partial charge in [0.2, 0.25) is 0 Å². The Bertz CT molecular complexity index is 726. The fourth-order valence-electron chi connectivity index (χ4n) is 4.30. The Balaban J connectivity index is 1.87. The van der Waals surface area contributed by atoms with Crippen molar-refractivity contribution in [2.24, 2.45) is 5.10 Å². The molecule has 1 aromatic carbocycles. The predicted octanol–water partition coefficient (Wildman–Crippen LogP) is 2.41. The third-order valence-electron chi connectivity index (χ3n) is 5.37. The van der Waals surface area contributed by atoms with Gasteiger partial charge >= 0.3 is 0 Å². The van der Waals surface area contributed by atoms with Crippen LogP contribution in [0.1, 0.15) is 24.0 Å². The van der Waals surface area contributed by atoms with Crippen LogP contribution in [0.25, 0.3) is 0 Å². The van der Waals surface area contributed by atoms with Crippen molar-refractivity contribution in [3.8, 4) is 11.5 Å². The second-order valence-electron chi connectivity index (χ2n) is 7.24. The summed E-state index contributed by atoms with van der Waals surface area (Å²) >= 11 is 0. The summed E-state index contributed by atoms with van der Waals surface area (Å²) in [6.45, 7) is 2.01. The third kappa shape index (κ3) is 2.22. The largest absolute Gasteiger partial charge is 0.493 e. The highest BCUT2D eigenvalue weighted by molar-refractivity contribution is 5.97. The average Bonchev–Trinajstić information content (AvgIpc) is 2.80. The number of hydrazone groups is 1. The van der Waals surface area contributed by atoms with E-state index in [2.05, 4.69) is 35.3 Å². The summed E-state index contributed by atoms with van der Waals surface area (Å²) in [5.41, 5.74) is 3.69. The first-order valence-corrected chi connectivity index (χ1v) is 8.53. The molecule has 1 aromatic rings. The maximum Gasteiger partial charge on any atom is 0.166 e. The number of rotatable bonds is 2. The van der Waals surface area contributed by atoms with E-state index < -0.39 is 0 Å². The fourth-order valence-corrected chi connectivity index (χ4v) is 4.30. The highest BCUT2D eigenvalue weighted by atomic mass is 16.5. The average molecular weight is 327 g/mol. The molecule has 3 aliphatic rings. The van der Waals surface area contributed by atoms with Gasteiger partial charge in [-0.3, -0.25) is 0 Å². The minimum absolute atomic E-state index is 0.0602. The first-order valence-electron chi connectivity index (χ1n) is 8.53. The highest BCUT2D eigenvalue weighted by Crippen LogP contribution is 2.55. The molecule has 0 N–H and O–H groups in total.